The van der Waals surface area contributed by atoms with E-state index in [0.29, 0.717) is 5.56 Å². The van der Waals surface area contributed by atoms with E-state index < -0.39 is 23.5 Å². The summed E-state index contributed by atoms with van der Waals surface area (Å²) in [4.78, 5) is 14.6. The molecule has 8 heteroatoms. The van der Waals surface area contributed by atoms with E-state index in [2.05, 4.69) is 24.3 Å². The minimum atomic E-state index is -1.02. The van der Waals surface area contributed by atoms with Gasteiger partial charge in [-0.3, -0.25) is 4.90 Å². The van der Waals surface area contributed by atoms with Crippen molar-refractivity contribution in [3.05, 3.63) is 101 Å². The fraction of sp³-hybridized carbons (Fsp3) is 0.367. The van der Waals surface area contributed by atoms with Crippen LogP contribution >= 0.6 is 0 Å². The zero-order valence-corrected chi connectivity index (χ0v) is 22.8. The second-order valence-electron chi connectivity index (χ2n) is 10.3. The normalized spacial score (nSPS) is 22.0. The van der Waals surface area contributed by atoms with Gasteiger partial charge in [-0.2, -0.15) is 0 Å². The lowest BCUT2D eigenvalue weighted by molar-refractivity contribution is -0.946. The highest BCUT2D eigenvalue weighted by molar-refractivity contribution is 5.87. The second-order valence-corrected chi connectivity index (χ2v) is 10.3. The minimum Gasteiger partial charge on any atom is -1.00 e. The Morgan fingerprint density at radius 1 is 0.868 bits per heavy atom. The van der Waals surface area contributed by atoms with E-state index in [4.69, 9.17) is 4.74 Å². The third kappa shape index (κ3) is 6.41. The molecule has 0 radical (unpaired) electrons. The summed E-state index contributed by atoms with van der Waals surface area (Å²) in [6.45, 7) is 3.81. The molecule has 3 saturated heterocycles. The number of fused-ring (bicyclic) bond motifs is 3. The number of amides is 1. The van der Waals surface area contributed by atoms with Crippen LogP contribution in [-0.2, 0) is 17.7 Å². The molecule has 0 N–H and O–H groups in total. The van der Waals surface area contributed by atoms with Gasteiger partial charge < -0.3 is 26.2 Å². The lowest BCUT2D eigenvalue weighted by atomic mass is 9.83. The van der Waals surface area contributed by atoms with Crippen molar-refractivity contribution in [2.24, 2.45) is 5.92 Å². The molecule has 0 aromatic heterocycles. The predicted molar refractivity (Wildman–Crippen MR) is 136 cm³/mol. The van der Waals surface area contributed by atoms with Gasteiger partial charge in [-0.05, 0) is 41.8 Å². The zero-order chi connectivity index (χ0) is 25.8. The Balaban J connectivity index is 0.00000336. The average molecular weight is 589 g/mol. The number of halogens is 4. The van der Waals surface area contributed by atoms with Crippen LogP contribution in [0.4, 0.5) is 23.7 Å². The molecule has 3 aliphatic rings. The van der Waals surface area contributed by atoms with E-state index in [1.165, 1.54) is 34.7 Å². The molecule has 0 spiro atoms. The van der Waals surface area contributed by atoms with Gasteiger partial charge in [0.2, 0.25) is 0 Å². The van der Waals surface area contributed by atoms with Crippen molar-refractivity contribution in [2.45, 2.75) is 38.3 Å². The third-order valence-electron chi connectivity index (χ3n) is 7.92. The van der Waals surface area contributed by atoms with Gasteiger partial charge in [0.25, 0.3) is 0 Å². The minimum absolute atomic E-state index is 0. The molecule has 0 saturated carbocycles. The Hall–Kier alpha value is -2.84. The number of benzene rings is 3. The Labute approximate surface area is 232 Å². The highest BCUT2D eigenvalue weighted by Crippen LogP contribution is 2.36. The summed E-state index contributed by atoms with van der Waals surface area (Å²) < 4.78 is 49.0. The van der Waals surface area contributed by atoms with Crippen molar-refractivity contribution < 1.29 is 44.2 Å². The predicted octanol–water partition coefficient (Wildman–Crippen LogP) is 3.49. The molecule has 1 atom stereocenters. The van der Waals surface area contributed by atoms with E-state index >= 15 is 0 Å². The van der Waals surface area contributed by atoms with Crippen LogP contribution in [0.2, 0.25) is 0 Å². The van der Waals surface area contributed by atoms with Gasteiger partial charge >= 0.3 is 6.09 Å². The first-order chi connectivity index (χ1) is 17.9. The van der Waals surface area contributed by atoms with Gasteiger partial charge in [0.05, 0.1) is 31.9 Å². The number of rotatable bonds is 8. The summed E-state index contributed by atoms with van der Waals surface area (Å²) in [5.74, 6) is -2.29. The van der Waals surface area contributed by atoms with E-state index in [-0.39, 0.29) is 41.2 Å². The van der Waals surface area contributed by atoms with Gasteiger partial charge in [0, 0.05) is 25.2 Å². The van der Waals surface area contributed by atoms with Crippen LogP contribution < -0.4 is 21.9 Å². The van der Waals surface area contributed by atoms with Crippen LogP contribution in [0.5, 0.6) is 0 Å². The SMILES string of the molecule is O=C(O[C@H]1C[N+]2(CCCc3ccccc3)CCC1CC2)N(Cc1ccc(F)c(F)c1)c1ccccc1F.[Br-]. The molecular weight excluding hydrogens is 557 g/mol. The molecule has 0 unspecified atom stereocenters. The summed E-state index contributed by atoms with van der Waals surface area (Å²) in [5, 5.41) is 0. The number of ether oxygens (including phenoxy) is 1. The van der Waals surface area contributed by atoms with E-state index in [1.807, 2.05) is 6.07 Å². The maximum Gasteiger partial charge on any atom is 0.415 e. The number of piperidine rings is 3. The highest BCUT2D eigenvalue weighted by atomic mass is 79.9. The lowest BCUT2D eigenvalue weighted by Gasteiger charge is -2.52. The van der Waals surface area contributed by atoms with Gasteiger partial charge in [-0.15, -0.1) is 0 Å². The van der Waals surface area contributed by atoms with Crippen molar-refractivity contribution in [2.75, 3.05) is 31.1 Å². The summed E-state index contributed by atoms with van der Waals surface area (Å²) in [6.07, 6.45) is 3.14. The molecular formula is C30H32BrF3N2O2. The first-order valence-electron chi connectivity index (χ1n) is 13.0. The topological polar surface area (TPSA) is 29.5 Å². The molecule has 2 bridgehead atoms. The van der Waals surface area contributed by atoms with Crippen LogP contribution in [0.3, 0.4) is 0 Å². The molecule has 202 valence electrons. The standard InChI is InChI=1S/C30H32F3N2O2.BrH/c31-25-13-12-23(19-27(25)33)20-34(28-11-5-4-10-26(28)32)30(36)37-29-21-35(17-14-24(29)15-18-35)16-6-9-22-7-2-1-3-8-22;/h1-5,7-8,10-13,19,24,29H,6,9,14-18,20-21H2;1H/q+1;/p-1/t24?,29-,35?;/m0./s1. The number of aryl methyl sites for hydroxylation is 1. The highest BCUT2D eigenvalue weighted by Gasteiger charge is 2.47. The van der Waals surface area contributed by atoms with Gasteiger partial charge in [-0.25, -0.2) is 18.0 Å². The lowest BCUT2D eigenvalue weighted by Crippen LogP contribution is -3.00. The molecule has 0 aliphatic carbocycles. The first kappa shape index (κ1) is 28.2. The maximum absolute atomic E-state index is 14.7. The second kappa shape index (κ2) is 12.3. The molecule has 3 heterocycles. The fourth-order valence-corrected chi connectivity index (χ4v) is 5.86. The number of quaternary nitrogens is 1. The Bertz CT molecular complexity index is 1240. The summed E-state index contributed by atoms with van der Waals surface area (Å²) in [5.41, 5.74) is 1.72. The number of carbonyl (C=O) groups excluding carboxylic acids is 1. The van der Waals surface area contributed by atoms with E-state index in [0.717, 1.165) is 68.5 Å². The van der Waals surface area contributed by atoms with Crippen molar-refractivity contribution in [1.82, 2.24) is 0 Å². The van der Waals surface area contributed by atoms with Crippen molar-refractivity contribution in [3.63, 3.8) is 0 Å². The zero-order valence-electron chi connectivity index (χ0n) is 21.2. The third-order valence-corrected chi connectivity index (χ3v) is 7.92. The van der Waals surface area contributed by atoms with Crippen molar-refractivity contribution >= 4 is 11.8 Å². The van der Waals surface area contributed by atoms with Crippen molar-refractivity contribution in [3.8, 4) is 0 Å². The van der Waals surface area contributed by atoms with Crippen LogP contribution in [0, 0.1) is 23.4 Å². The summed E-state index contributed by atoms with van der Waals surface area (Å²) >= 11 is 0. The number of anilines is 1. The summed E-state index contributed by atoms with van der Waals surface area (Å²) in [7, 11) is 0. The first-order valence-corrected chi connectivity index (χ1v) is 13.0. The molecule has 4 nitrogen and oxygen atoms in total. The fourth-order valence-electron chi connectivity index (χ4n) is 5.86. The van der Waals surface area contributed by atoms with Crippen LogP contribution in [0.15, 0.2) is 72.8 Å². The maximum atomic E-state index is 14.7. The Morgan fingerprint density at radius 3 is 2.29 bits per heavy atom. The molecule has 3 aliphatic heterocycles. The number of hydrogen-bond acceptors (Lipinski definition) is 2. The smallest absolute Gasteiger partial charge is 0.415 e. The summed E-state index contributed by atoms with van der Waals surface area (Å²) in [6, 6.07) is 19.8. The molecule has 1 amide bonds. The van der Waals surface area contributed by atoms with Crippen LogP contribution in [-0.4, -0.2) is 42.9 Å². The van der Waals surface area contributed by atoms with Gasteiger partial charge in [-0.1, -0.05) is 48.5 Å². The largest absolute Gasteiger partial charge is 1.00 e. The molecule has 3 aromatic carbocycles. The number of nitrogens with zero attached hydrogens (tertiary/aromatic N) is 2. The number of carbonyl (C=O) groups is 1. The van der Waals surface area contributed by atoms with Crippen LogP contribution in [0.1, 0.15) is 30.4 Å². The monoisotopic (exact) mass is 588 g/mol. The molecule has 6 rings (SSSR count). The molecule has 38 heavy (non-hydrogen) atoms. The van der Waals surface area contributed by atoms with Crippen molar-refractivity contribution in [1.29, 1.82) is 0 Å². The van der Waals surface area contributed by atoms with Gasteiger partial charge in [0.1, 0.15) is 12.4 Å². The van der Waals surface area contributed by atoms with Gasteiger partial charge in [0.15, 0.2) is 17.7 Å². The number of para-hydroxylation sites is 1. The molecule has 3 aromatic rings. The average Bonchev–Trinajstić information content (AvgIpc) is 2.91. The van der Waals surface area contributed by atoms with E-state index in [1.54, 1.807) is 6.07 Å². The quantitative estimate of drug-likeness (QED) is 0.377. The van der Waals surface area contributed by atoms with Crippen LogP contribution in [0.25, 0.3) is 0 Å². The number of hydrogen-bond donors (Lipinski definition) is 0. The Morgan fingerprint density at radius 2 is 1.58 bits per heavy atom. The van der Waals surface area contributed by atoms with E-state index in [9.17, 15) is 18.0 Å². The molecule has 3 fully saturated rings. The Kier molecular flexibility index (Phi) is 9.15.